The van der Waals surface area contributed by atoms with Gasteiger partial charge in [0.05, 0.1) is 18.2 Å². The van der Waals surface area contributed by atoms with Gasteiger partial charge in [-0.25, -0.2) is 4.79 Å². The van der Waals surface area contributed by atoms with E-state index in [1.54, 1.807) is 12.3 Å². The molecule has 1 aromatic heterocycles. The Morgan fingerprint density at radius 1 is 1.39 bits per heavy atom. The van der Waals surface area contributed by atoms with Crippen molar-refractivity contribution in [2.45, 2.75) is 45.3 Å². The third-order valence-corrected chi connectivity index (χ3v) is 4.25. The SMILES string of the molecule is CCOc1ccc(C(=O)O[C@@H]2CCC[C@H]2n2cccn2)cc1C. The minimum Gasteiger partial charge on any atom is -0.494 e. The number of carbonyl (C=O) groups excluding carboxylic acids is 1. The van der Waals surface area contributed by atoms with Crippen molar-refractivity contribution in [3.05, 3.63) is 47.8 Å². The highest BCUT2D eigenvalue weighted by molar-refractivity contribution is 5.90. The second-order valence-electron chi connectivity index (χ2n) is 5.84. The molecule has 1 fully saturated rings. The maximum atomic E-state index is 12.4. The minimum absolute atomic E-state index is 0.116. The van der Waals surface area contributed by atoms with E-state index in [1.165, 1.54) is 0 Å². The van der Waals surface area contributed by atoms with E-state index < -0.39 is 0 Å². The summed E-state index contributed by atoms with van der Waals surface area (Å²) in [6.45, 7) is 4.49. The van der Waals surface area contributed by atoms with Crippen LogP contribution in [0.2, 0.25) is 0 Å². The van der Waals surface area contributed by atoms with Crippen molar-refractivity contribution < 1.29 is 14.3 Å². The number of aryl methyl sites for hydroxylation is 1. The maximum absolute atomic E-state index is 12.4. The molecule has 0 radical (unpaired) electrons. The van der Waals surface area contributed by atoms with Crippen LogP contribution in [0.3, 0.4) is 0 Å². The molecule has 1 aliphatic rings. The fourth-order valence-corrected chi connectivity index (χ4v) is 3.12. The van der Waals surface area contributed by atoms with Crippen molar-refractivity contribution in [3.8, 4) is 5.75 Å². The number of aromatic nitrogens is 2. The molecule has 0 amide bonds. The smallest absolute Gasteiger partial charge is 0.338 e. The molecule has 5 heteroatoms. The number of hydrogen-bond donors (Lipinski definition) is 0. The number of benzene rings is 1. The van der Waals surface area contributed by atoms with E-state index in [0.29, 0.717) is 12.2 Å². The van der Waals surface area contributed by atoms with Crippen LogP contribution in [-0.2, 0) is 4.74 Å². The highest BCUT2D eigenvalue weighted by Gasteiger charge is 2.32. The Bertz CT molecular complexity index is 667. The Balaban J connectivity index is 1.70. The van der Waals surface area contributed by atoms with Crippen molar-refractivity contribution in [2.24, 2.45) is 0 Å². The fraction of sp³-hybridized carbons (Fsp3) is 0.444. The highest BCUT2D eigenvalue weighted by atomic mass is 16.5. The van der Waals surface area contributed by atoms with E-state index in [0.717, 1.165) is 30.6 Å². The van der Waals surface area contributed by atoms with Crippen molar-refractivity contribution >= 4 is 5.97 Å². The van der Waals surface area contributed by atoms with Crippen LogP contribution < -0.4 is 4.74 Å². The Labute approximate surface area is 136 Å². The van der Waals surface area contributed by atoms with Gasteiger partial charge in [-0.3, -0.25) is 4.68 Å². The fourth-order valence-electron chi connectivity index (χ4n) is 3.12. The quantitative estimate of drug-likeness (QED) is 0.792. The van der Waals surface area contributed by atoms with E-state index in [1.807, 2.05) is 42.9 Å². The second-order valence-corrected chi connectivity index (χ2v) is 5.84. The summed E-state index contributed by atoms with van der Waals surface area (Å²) in [4.78, 5) is 12.4. The number of esters is 1. The minimum atomic E-state index is -0.278. The topological polar surface area (TPSA) is 53.4 Å². The lowest BCUT2D eigenvalue weighted by atomic mass is 10.1. The molecule has 0 unspecified atom stereocenters. The molecule has 0 saturated heterocycles. The van der Waals surface area contributed by atoms with Gasteiger partial charge in [-0.2, -0.15) is 5.10 Å². The van der Waals surface area contributed by atoms with Crippen LogP contribution in [0.25, 0.3) is 0 Å². The summed E-state index contributed by atoms with van der Waals surface area (Å²) < 4.78 is 13.2. The van der Waals surface area contributed by atoms with Gasteiger partial charge >= 0.3 is 5.97 Å². The molecule has 1 aromatic carbocycles. The van der Waals surface area contributed by atoms with Crippen molar-refractivity contribution in [1.82, 2.24) is 9.78 Å². The van der Waals surface area contributed by atoms with Gasteiger partial charge in [0.2, 0.25) is 0 Å². The van der Waals surface area contributed by atoms with Gasteiger partial charge < -0.3 is 9.47 Å². The first-order valence-corrected chi connectivity index (χ1v) is 8.12. The summed E-state index contributed by atoms with van der Waals surface area (Å²) in [5, 5.41) is 4.28. The number of hydrogen-bond acceptors (Lipinski definition) is 4. The van der Waals surface area contributed by atoms with Crippen LogP contribution in [0.4, 0.5) is 0 Å². The molecule has 0 aliphatic heterocycles. The van der Waals surface area contributed by atoms with Crippen LogP contribution >= 0.6 is 0 Å². The monoisotopic (exact) mass is 314 g/mol. The van der Waals surface area contributed by atoms with Crippen LogP contribution in [0, 0.1) is 6.92 Å². The van der Waals surface area contributed by atoms with E-state index in [-0.39, 0.29) is 18.1 Å². The molecule has 2 atom stereocenters. The standard InChI is InChI=1S/C18H22N2O3/c1-3-22-16-9-8-14(12-13(16)2)18(21)23-17-7-4-6-15(17)20-11-5-10-19-20/h5,8-12,15,17H,3-4,6-7H2,1-2H3/t15-,17-/m1/s1. The molecule has 3 rings (SSSR count). The lowest BCUT2D eigenvalue weighted by Crippen LogP contribution is -2.25. The molecule has 0 bridgehead atoms. The first-order chi connectivity index (χ1) is 11.2. The zero-order chi connectivity index (χ0) is 16.2. The molecule has 23 heavy (non-hydrogen) atoms. The average molecular weight is 314 g/mol. The van der Waals surface area contributed by atoms with E-state index in [9.17, 15) is 4.79 Å². The summed E-state index contributed by atoms with van der Waals surface area (Å²) in [6.07, 6.45) is 6.48. The first kappa shape index (κ1) is 15.6. The Hall–Kier alpha value is -2.30. The van der Waals surface area contributed by atoms with Gasteiger partial charge in [0, 0.05) is 12.4 Å². The largest absolute Gasteiger partial charge is 0.494 e. The van der Waals surface area contributed by atoms with Crippen LogP contribution in [0.1, 0.15) is 48.1 Å². The molecule has 1 heterocycles. The van der Waals surface area contributed by atoms with Crippen LogP contribution in [0.5, 0.6) is 5.75 Å². The van der Waals surface area contributed by atoms with Crippen LogP contribution in [-0.4, -0.2) is 28.5 Å². The third kappa shape index (κ3) is 3.38. The summed E-state index contributed by atoms with van der Waals surface area (Å²) in [5.41, 5.74) is 1.51. The van der Waals surface area contributed by atoms with Crippen molar-refractivity contribution in [1.29, 1.82) is 0 Å². The molecule has 1 aliphatic carbocycles. The van der Waals surface area contributed by atoms with Crippen molar-refractivity contribution in [3.63, 3.8) is 0 Å². The van der Waals surface area contributed by atoms with Gasteiger partial charge in [0.25, 0.3) is 0 Å². The predicted octanol–water partition coefficient (Wildman–Crippen LogP) is 3.54. The molecular weight excluding hydrogens is 292 g/mol. The number of ether oxygens (including phenoxy) is 2. The summed E-state index contributed by atoms with van der Waals surface area (Å²) >= 11 is 0. The van der Waals surface area contributed by atoms with Gasteiger partial charge in [0.15, 0.2) is 0 Å². The summed E-state index contributed by atoms with van der Waals surface area (Å²) in [7, 11) is 0. The summed E-state index contributed by atoms with van der Waals surface area (Å²) in [5.74, 6) is 0.527. The lowest BCUT2D eigenvalue weighted by molar-refractivity contribution is 0.0209. The second kappa shape index (κ2) is 6.86. The van der Waals surface area contributed by atoms with Gasteiger partial charge in [-0.15, -0.1) is 0 Å². The molecule has 1 saturated carbocycles. The van der Waals surface area contributed by atoms with E-state index in [2.05, 4.69) is 5.10 Å². The first-order valence-electron chi connectivity index (χ1n) is 8.12. The molecule has 122 valence electrons. The normalized spacial score (nSPS) is 20.4. The Morgan fingerprint density at radius 3 is 2.96 bits per heavy atom. The molecule has 5 nitrogen and oxygen atoms in total. The molecule has 0 N–H and O–H groups in total. The number of nitrogens with zero attached hydrogens (tertiary/aromatic N) is 2. The number of carbonyl (C=O) groups is 1. The summed E-state index contributed by atoms with van der Waals surface area (Å²) in [6, 6.07) is 7.45. The van der Waals surface area contributed by atoms with Gasteiger partial charge in [-0.05, 0) is 62.9 Å². The Kier molecular flexibility index (Phi) is 4.65. The lowest BCUT2D eigenvalue weighted by Gasteiger charge is -2.20. The molecule has 2 aromatic rings. The van der Waals surface area contributed by atoms with E-state index >= 15 is 0 Å². The average Bonchev–Trinajstić information content (AvgIpc) is 3.20. The molecule has 0 spiro atoms. The zero-order valence-electron chi connectivity index (χ0n) is 13.6. The van der Waals surface area contributed by atoms with Gasteiger partial charge in [0.1, 0.15) is 11.9 Å². The van der Waals surface area contributed by atoms with Gasteiger partial charge in [-0.1, -0.05) is 0 Å². The Morgan fingerprint density at radius 2 is 2.26 bits per heavy atom. The predicted molar refractivity (Wildman–Crippen MR) is 86.7 cm³/mol. The highest BCUT2D eigenvalue weighted by Crippen LogP contribution is 2.32. The zero-order valence-corrected chi connectivity index (χ0v) is 13.6. The maximum Gasteiger partial charge on any atom is 0.338 e. The van der Waals surface area contributed by atoms with Crippen LogP contribution in [0.15, 0.2) is 36.7 Å². The number of rotatable bonds is 5. The third-order valence-electron chi connectivity index (χ3n) is 4.25. The molecular formula is C18H22N2O3. The van der Waals surface area contributed by atoms with Crippen molar-refractivity contribution in [2.75, 3.05) is 6.61 Å². The van der Waals surface area contributed by atoms with E-state index in [4.69, 9.17) is 9.47 Å².